The molecule has 4 rings (SSSR count). The highest BCUT2D eigenvalue weighted by Gasteiger charge is 2.42. The lowest BCUT2D eigenvalue weighted by molar-refractivity contribution is -0.706. The van der Waals surface area contributed by atoms with E-state index in [4.69, 9.17) is 4.74 Å². The van der Waals surface area contributed by atoms with Crippen molar-refractivity contribution in [2.24, 2.45) is 5.92 Å². The molecule has 0 bridgehead atoms. The molecule has 2 aromatic rings. The van der Waals surface area contributed by atoms with E-state index in [0.29, 0.717) is 6.61 Å². The lowest BCUT2D eigenvalue weighted by Crippen LogP contribution is -2.47. The van der Waals surface area contributed by atoms with E-state index >= 15 is 0 Å². The van der Waals surface area contributed by atoms with Gasteiger partial charge in [0.05, 0.1) is 12.7 Å². The van der Waals surface area contributed by atoms with E-state index < -0.39 is 0 Å². The van der Waals surface area contributed by atoms with Crippen LogP contribution in [0.5, 0.6) is 0 Å². The highest BCUT2D eigenvalue weighted by atomic mass is 16.5. The lowest BCUT2D eigenvalue weighted by Gasteiger charge is -2.31. The van der Waals surface area contributed by atoms with E-state index in [2.05, 4.69) is 33.8 Å². The largest absolute Gasteiger partial charge is 0.390 e. The summed E-state index contributed by atoms with van der Waals surface area (Å²) < 4.78 is 7.62. The first-order valence-corrected chi connectivity index (χ1v) is 6.79. The number of aliphatic hydroxyl groups excluding tert-OH is 1. The number of nitrogens with zero attached hydrogens (tertiary/aromatic N) is 1. The van der Waals surface area contributed by atoms with Crippen LogP contribution in [0.2, 0.25) is 0 Å². The van der Waals surface area contributed by atoms with Crippen LogP contribution in [0.15, 0.2) is 36.8 Å². The zero-order chi connectivity index (χ0) is 12.8. The molecule has 1 aromatic carbocycles. The van der Waals surface area contributed by atoms with Crippen LogP contribution in [0.4, 0.5) is 0 Å². The molecule has 19 heavy (non-hydrogen) atoms. The Labute approximate surface area is 111 Å². The molecule has 1 saturated heterocycles. The minimum atomic E-state index is -0.389. The second-order valence-corrected chi connectivity index (χ2v) is 5.36. The number of ether oxygens (including phenoxy) is 1. The number of rotatable bonds is 1. The number of nitrogens with one attached hydrogen (secondary N) is 1. The normalized spacial score (nSPS) is 29.0. The zero-order valence-electron chi connectivity index (χ0n) is 10.6. The maximum absolute atomic E-state index is 10.3. The monoisotopic (exact) mass is 257 g/mol. The van der Waals surface area contributed by atoms with E-state index in [0.717, 1.165) is 13.0 Å². The third-order valence-corrected chi connectivity index (χ3v) is 4.35. The first-order chi connectivity index (χ1) is 9.36. The Morgan fingerprint density at radius 2 is 2.21 bits per heavy atom. The summed E-state index contributed by atoms with van der Waals surface area (Å²) >= 11 is 0. The minimum Gasteiger partial charge on any atom is -0.390 e. The van der Waals surface area contributed by atoms with Crippen molar-refractivity contribution in [3.05, 3.63) is 42.4 Å². The molecule has 3 heterocycles. The Kier molecular flexibility index (Phi) is 2.47. The molecule has 0 unspecified atom stereocenters. The molecule has 0 spiro atoms. The van der Waals surface area contributed by atoms with Crippen molar-refractivity contribution in [3.8, 4) is 11.3 Å². The SMILES string of the molecule is O[C@@H]1COCC[C@H]1[C@H]1c2ccccc2-c2c[nH]c[n+]21. The first-order valence-electron chi connectivity index (χ1n) is 6.79. The molecule has 1 fully saturated rings. The molecule has 4 nitrogen and oxygen atoms in total. The molecule has 2 aliphatic heterocycles. The van der Waals surface area contributed by atoms with E-state index in [1.807, 2.05) is 12.5 Å². The van der Waals surface area contributed by atoms with Crippen molar-refractivity contribution < 1.29 is 14.4 Å². The van der Waals surface area contributed by atoms with Gasteiger partial charge < -0.3 is 9.84 Å². The smallest absolute Gasteiger partial charge is 0.242 e. The van der Waals surface area contributed by atoms with Gasteiger partial charge in [0.25, 0.3) is 0 Å². The fourth-order valence-corrected chi connectivity index (χ4v) is 3.47. The van der Waals surface area contributed by atoms with Crippen molar-refractivity contribution >= 4 is 0 Å². The van der Waals surface area contributed by atoms with E-state index in [9.17, 15) is 5.11 Å². The highest BCUT2D eigenvalue weighted by molar-refractivity contribution is 5.63. The molecule has 0 radical (unpaired) electrons. The third kappa shape index (κ3) is 1.57. The number of hydrogen-bond acceptors (Lipinski definition) is 2. The minimum absolute atomic E-state index is 0.219. The van der Waals surface area contributed by atoms with Crippen LogP contribution in [-0.4, -0.2) is 29.4 Å². The van der Waals surface area contributed by atoms with Gasteiger partial charge in [-0.3, -0.25) is 0 Å². The number of H-pyrrole nitrogens is 1. The Balaban J connectivity index is 1.84. The topological polar surface area (TPSA) is 49.1 Å². The molecular formula is C15H17N2O2+. The third-order valence-electron chi connectivity index (χ3n) is 4.35. The summed E-state index contributed by atoms with van der Waals surface area (Å²) in [7, 11) is 0. The van der Waals surface area contributed by atoms with Gasteiger partial charge in [-0.25, -0.2) is 9.55 Å². The van der Waals surface area contributed by atoms with Gasteiger partial charge in [-0.15, -0.1) is 0 Å². The fraction of sp³-hybridized carbons (Fsp3) is 0.400. The molecule has 2 aliphatic rings. The summed E-state index contributed by atoms with van der Waals surface area (Å²) in [4.78, 5) is 3.18. The second-order valence-electron chi connectivity index (χ2n) is 5.36. The number of fused-ring (bicyclic) bond motifs is 3. The Bertz CT molecular complexity index is 608. The zero-order valence-corrected chi connectivity index (χ0v) is 10.6. The van der Waals surface area contributed by atoms with Crippen LogP contribution >= 0.6 is 0 Å². The van der Waals surface area contributed by atoms with E-state index in [1.54, 1.807) is 0 Å². The number of hydrogen-bond donors (Lipinski definition) is 2. The molecule has 0 aliphatic carbocycles. The average Bonchev–Trinajstić information content (AvgIpc) is 3.00. The molecule has 3 atom stereocenters. The van der Waals surface area contributed by atoms with Crippen LogP contribution < -0.4 is 4.57 Å². The molecule has 98 valence electrons. The van der Waals surface area contributed by atoms with Crippen molar-refractivity contribution in [1.82, 2.24) is 4.98 Å². The van der Waals surface area contributed by atoms with Crippen LogP contribution in [0.1, 0.15) is 18.0 Å². The van der Waals surface area contributed by atoms with Crippen LogP contribution in [0, 0.1) is 5.92 Å². The van der Waals surface area contributed by atoms with E-state index in [1.165, 1.54) is 16.8 Å². The predicted molar refractivity (Wildman–Crippen MR) is 69.5 cm³/mol. The maximum Gasteiger partial charge on any atom is 0.242 e. The molecule has 1 aromatic heterocycles. The second kappa shape index (κ2) is 4.18. The highest BCUT2D eigenvalue weighted by Crippen LogP contribution is 2.40. The number of aromatic nitrogens is 2. The summed E-state index contributed by atoms with van der Waals surface area (Å²) in [5.74, 6) is 0.219. The van der Waals surface area contributed by atoms with Gasteiger partial charge in [-0.1, -0.05) is 24.3 Å². The molecule has 0 amide bonds. The maximum atomic E-state index is 10.3. The summed E-state index contributed by atoms with van der Waals surface area (Å²) in [5.41, 5.74) is 3.80. The lowest BCUT2D eigenvalue weighted by atomic mass is 9.85. The van der Waals surface area contributed by atoms with Crippen molar-refractivity contribution in [3.63, 3.8) is 0 Å². The Hall–Kier alpha value is -1.65. The van der Waals surface area contributed by atoms with Gasteiger partial charge in [0, 0.05) is 23.7 Å². The van der Waals surface area contributed by atoms with Crippen LogP contribution in [0.25, 0.3) is 11.3 Å². The average molecular weight is 257 g/mol. The van der Waals surface area contributed by atoms with E-state index in [-0.39, 0.29) is 18.1 Å². The number of aromatic amines is 1. The quantitative estimate of drug-likeness (QED) is 0.756. The number of aliphatic hydroxyl groups is 1. The summed E-state index contributed by atoms with van der Waals surface area (Å²) in [5, 5.41) is 10.3. The molecular weight excluding hydrogens is 240 g/mol. The van der Waals surface area contributed by atoms with Crippen molar-refractivity contribution in [2.75, 3.05) is 13.2 Å². The van der Waals surface area contributed by atoms with Gasteiger partial charge >= 0.3 is 0 Å². The Morgan fingerprint density at radius 1 is 1.32 bits per heavy atom. The predicted octanol–water partition coefficient (Wildman–Crippen LogP) is 1.27. The van der Waals surface area contributed by atoms with Gasteiger partial charge in [0.1, 0.15) is 12.2 Å². The molecule has 0 saturated carbocycles. The van der Waals surface area contributed by atoms with Crippen molar-refractivity contribution in [1.29, 1.82) is 0 Å². The standard InChI is InChI=1S/C15H16N2O2/c18-14-8-19-6-5-12(14)15-11-4-2-1-3-10(11)13-7-16-9-17(13)15/h1-4,7,9,12,14-15,18H,5-6,8H2/p+1/t12-,14-,15-/m1/s1. The Morgan fingerprint density at radius 3 is 3.11 bits per heavy atom. The van der Waals surface area contributed by atoms with Gasteiger partial charge in [0.15, 0.2) is 5.69 Å². The summed E-state index contributed by atoms with van der Waals surface area (Å²) in [6, 6.07) is 8.69. The van der Waals surface area contributed by atoms with Crippen LogP contribution in [-0.2, 0) is 4.74 Å². The molecule has 4 heteroatoms. The fourth-order valence-electron chi connectivity index (χ4n) is 3.47. The van der Waals surface area contributed by atoms with Gasteiger partial charge in [0.2, 0.25) is 6.33 Å². The van der Waals surface area contributed by atoms with Gasteiger partial charge in [-0.2, -0.15) is 0 Å². The first kappa shape index (κ1) is 11.2. The summed E-state index contributed by atoms with van der Waals surface area (Å²) in [6.07, 6.45) is 4.55. The summed E-state index contributed by atoms with van der Waals surface area (Å²) in [6.45, 7) is 1.18. The number of imidazole rings is 1. The number of benzene rings is 1. The van der Waals surface area contributed by atoms with Crippen molar-refractivity contribution in [2.45, 2.75) is 18.6 Å². The van der Waals surface area contributed by atoms with Gasteiger partial charge in [-0.05, 0) is 6.42 Å². The van der Waals surface area contributed by atoms with Crippen LogP contribution in [0.3, 0.4) is 0 Å². The molecule has 2 N–H and O–H groups in total.